The first-order chi connectivity index (χ1) is 9.85. The number of hydroxylamine groups is 2. The van der Waals surface area contributed by atoms with E-state index in [4.69, 9.17) is 23.8 Å². The molecule has 7 heteroatoms. The van der Waals surface area contributed by atoms with Crippen molar-refractivity contribution in [1.29, 1.82) is 0 Å². The molecule has 0 unspecified atom stereocenters. The molecule has 3 fully saturated rings. The van der Waals surface area contributed by atoms with Crippen LogP contribution in [0.5, 0.6) is 0 Å². The van der Waals surface area contributed by atoms with Crippen molar-refractivity contribution in [3.8, 4) is 0 Å². The zero-order chi connectivity index (χ0) is 15.4. The van der Waals surface area contributed by atoms with Gasteiger partial charge < -0.3 is 24.1 Å². The Labute approximate surface area is 125 Å². The van der Waals surface area contributed by atoms with E-state index < -0.39 is 23.8 Å². The van der Waals surface area contributed by atoms with Crippen LogP contribution in [0, 0.1) is 5.92 Å². The molecule has 3 rings (SSSR count). The molecule has 0 aromatic carbocycles. The lowest BCUT2D eigenvalue weighted by Crippen LogP contribution is -2.72. The Morgan fingerprint density at radius 2 is 1.67 bits per heavy atom. The summed E-state index contributed by atoms with van der Waals surface area (Å²) in [6.45, 7) is 4.15. The van der Waals surface area contributed by atoms with Crippen molar-refractivity contribution in [3.63, 3.8) is 0 Å². The summed E-state index contributed by atoms with van der Waals surface area (Å²) < 4.78 is 23.4. The van der Waals surface area contributed by atoms with Crippen LogP contribution in [0.3, 0.4) is 0 Å². The summed E-state index contributed by atoms with van der Waals surface area (Å²) in [6.07, 6.45) is -0.784. The molecular formula is C14H25NO6. The highest BCUT2D eigenvalue weighted by molar-refractivity contribution is 5.04. The summed E-state index contributed by atoms with van der Waals surface area (Å²) in [5.74, 6) is -1.93. The van der Waals surface area contributed by atoms with Crippen LogP contribution in [0.2, 0.25) is 0 Å². The number of ether oxygens (including phenoxy) is 4. The van der Waals surface area contributed by atoms with E-state index >= 15 is 0 Å². The zero-order valence-electron chi connectivity index (χ0n) is 13.2. The Morgan fingerprint density at radius 1 is 1.10 bits per heavy atom. The highest BCUT2D eigenvalue weighted by Gasteiger charge is 2.63. The van der Waals surface area contributed by atoms with Crippen LogP contribution in [-0.2, 0) is 23.8 Å². The first-order valence-corrected chi connectivity index (χ1v) is 7.35. The van der Waals surface area contributed by atoms with E-state index in [0.717, 1.165) is 0 Å². The van der Waals surface area contributed by atoms with E-state index in [1.54, 1.807) is 28.1 Å². The number of hydrogen-bond donors (Lipinski definition) is 1. The lowest BCUT2D eigenvalue weighted by atomic mass is 9.78. The van der Waals surface area contributed by atoms with Crippen LogP contribution in [0.25, 0.3) is 0 Å². The van der Waals surface area contributed by atoms with Crippen LogP contribution in [0.1, 0.15) is 20.3 Å². The number of methoxy groups -OCH3 is 2. The molecule has 1 aliphatic carbocycles. The van der Waals surface area contributed by atoms with Crippen molar-refractivity contribution < 1.29 is 28.9 Å². The standard InChI is InChI=1S/C14H25NO6/c1-13(17-4)14(2,18-5)21-12-10-8(7-19-15(10)3)6-9(16)11(12)20-13/h8-12,16H,6-7H2,1-5H3/t8-,9-,10+,11-,12-,13+,14+/m1/s1. The van der Waals surface area contributed by atoms with Crippen molar-refractivity contribution in [2.24, 2.45) is 5.92 Å². The number of likely N-dealkylation sites (N-methyl/N-ethyl adjacent to an activating group) is 1. The van der Waals surface area contributed by atoms with Gasteiger partial charge in [0.1, 0.15) is 12.2 Å². The van der Waals surface area contributed by atoms with Crippen molar-refractivity contribution in [2.45, 2.75) is 56.2 Å². The van der Waals surface area contributed by atoms with Gasteiger partial charge in [-0.15, -0.1) is 0 Å². The number of rotatable bonds is 2. The second-order valence-corrected chi connectivity index (χ2v) is 6.36. The van der Waals surface area contributed by atoms with E-state index in [0.29, 0.717) is 13.0 Å². The van der Waals surface area contributed by atoms with Gasteiger partial charge in [0, 0.05) is 27.2 Å². The summed E-state index contributed by atoms with van der Waals surface area (Å²) in [4.78, 5) is 5.59. The van der Waals surface area contributed by atoms with Crippen molar-refractivity contribution in [2.75, 3.05) is 27.9 Å². The maximum atomic E-state index is 10.4. The smallest absolute Gasteiger partial charge is 0.220 e. The second-order valence-electron chi connectivity index (χ2n) is 6.36. The van der Waals surface area contributed by atoms with Crippen LogP contribution < -0.4 is 0 Å². The third-order valence-corrected chi connectivity index (χ3v) is 5.30. The predicted molar refractivity (Wildman–Crippen MR) is 72.2 cm³/mol. The molecule has 7 atom stereocenters. The van der Waals surface area contributed by atoms with Crippen molar-refractivity contribution in [1.82, 2.24) is 5.06 Å². The maximum absolute atomic E-state index is 10.4. The van der Waals surface area contributed by atoms with E-state index in [2.05, 4.69) is 0 Å². The van der Waals surface area contributed by atoms with E-state index in [-0.39, 0.29) is 18.1 Å². The number of fused-ring (bicyclic) bond motifs is 3. The summed E-state index contributed by atoms with van der Waals surface area (Å²) >= 11 is 0. The minimum atomic E-state index is -1.09. The van der Waals surface area contributed by atoms with Gasteiger partial charge in [-0.05, 0) is 20.3 Å². The largest absolute Gasteiger partial charge is 0.390 e. The summed E-state index contributed by atoms with van der Waals surface area (Å²) in [5.41, 5.74) is 0. The van der Waals surface area contributed by atoms with Crippen molar-refractivity contribution >= 4 is 0 Å². The second kappa shape index (κ2) is 5.13. The van der Waals surface area contributed by atoms with Gasteiger partial charge >= 0.3 is 0 Å². The van der Waals surface area contributed by atoms with Crippen LogP contribution in [-0.4, -0.2) is 74.0 Å². The number of hydrogen-bond acceptors (Lipinski definition) is 7. The highest BCUT2D eigenvalue weighted by atomic mass is 16.8. The van der Waals surface area contributed by atoms with Gasteiger partial charge in [0.2, 0.25) is 11.6 Å². The fourth-order valence-corrected chi connectivity index (χ4v) is 3.72. The molecule has 21 heavy (non-hydrogen) atoms. The summed E-state index contributed by atoms with van der Waals surface area (Å²) in [5, 5.41) is 12.2. The van der Waals surface area contributed by atoms with Gasteiger partial charge in [0.25, 0.3) is 0 Å². The van der Waals surface area contributed by atoms with Gasteiger partial charge in [0.15, 0.2) is 0 Å². The van der Waals surface area contributed by atoms with Gasteiger partial charge in [-0.1, -0.05) is 0 Å². The molecule has 0 spiro atoms. The molecule has 0 bridgehead atoms. The van der Waals surface area contributed by atoms with E-state index in [9.17, 15) is 5.11 Å². The molecule has 1 N–H and O–H groups in total. The number of nitrogens with zero attached hydrogens (tertiary/aromatic N) is 1. The third kappa shape index (κ3) is 2.15. The predicted octanol–water partition coefficient (Wildman–Crippen LogP) is 0.122. The van der Waals surface area contributed by atoms with Gasteiger partial charge in [0.05, 0.1) is 18.8 Å². The SMILES string of the molecule is CO[C@@]1(C)O[C@H]2[C@H](O[C@]1(C)OC)[C@H](O)C[C@@H]1CON(C)[C@@H]12. The van der Waals surface area contributed by atoms with Crippen LogP contribution >= 0.6 is 0 Å². The molecule has 0 amide bonds. The Bertz CT molecular complexity index is 409. The lowest BCUT2D eigenvalue weighted by molar-refractivity contribution is -0.463. The zero-order valence-corrected chi connectivity index (χ0v) is 13.2. The van der Waals surface area contributed by atoms with Gasteiger partial charge in [-0.25, -0.2) is 0 Å². The van der Waals surface area contributed by atoms with E-state index in [1.807, 2.05) is 12.1 Å². The first-order valence-electron chi connectivity index (χ1n) is 7.35. The Balaban J connectivity index is 1.93. The van der Waals surface area contributed by atoms with Crippen molar-refractivity contribution in [3.05, 3.63) is 0 Å². The fraction of sp³-hybridized carbons (Fsp3) is 1.00. The fourth-order valence-electron chi connectivity index (χ4n) is 3.72. The average molecular weight is 303 g/mol. The number of aliphatic hydroxyl groups is 1. The topological polar surface area (TPSA) is 69.6 Å². The molecule has 0 radical (unpaired) electrons. The molecular weight excluding hydrogens is 278 g/mol. The van der Waals surface area contributed by atoms with Gasteiger partial charge in [-0.3, -0.25) is 4.84 Å². The molecule has 122 valence electrons. The Morgan fingerprint density at radius 3 is 2.24 bits per heavy atom. The Hall–Kier alpha value is -0.280. The molecule has 1 saturated carbocycles. The molecule has 7 nitrogen and oxygen atoms in total. The molecule has 2 heterocycles. The monoisotopic (exact) mass is 303 g/mol. The van der Waals surface area contributed by atoms with Crippen LogP contribution in [0.15, 0.2) is 0 Å². The lowest BCUT2D eigenvalue weighted by Gasteiger charge is -2.56. The highest BCUT2D eigenvalue weighted by Crippen LogP contribution is 2.46. The summed E-state index contributed by atoms with van der Waals surface area (Å²) in [7, 11) is 4.99. The third-order valence-electron chi connectivity index (χ3n) is 5.30. The molecule has 2 saturated heterocycles. The minimum Gasteiger partial charge on any atom is -0.390 e. The van der Waals surface area contributed by atoms with Crippen LogP contribution in [0.4, 0.5) is 0 Å². The number of aliphatic hydroxyl groups excluding tert-OH is 1. The normalized spacial score (nSPS) is 54.3. The van der Waals surface area contributed by atoms with Gasteiger partial charge in [-0.2, -0.15) is 5.06 Å². The minimum absolute atomic E-state index is 0.0364. The quantitative estimate of drug-likeness (QED) is 0.777. The molecule has 2 aliphatic heterocycles. The average Bonchev–Trinajstić information content (AvgIpc) is 2.82. The molecule has 0 aromatic rings. The molecule has 0 aromatic heterocycles. The summed E-state index contributed by atoms with van der Waals surface area (Å²) in [6, 6.07) is 0.0364. The Kier molecular flexibility index (Phi) is 3.81. The molecule has 3 aliphatic rings. The maximum Gasteiger partial charge on any atom is 0.220 e. The van der Waals surface area contributed by atoms with E-state index in [1.165, 1.54) is 0 Å². The first kappa shape index (κ1) is 15.6.